The van der Waals surface area contributed by atoms with E-state index in [1.807, 2.05) is 32.0 Å². The summed E-state index contributed by atoms with van der Waals surface area (Å²) >= 11 is 1.42. The molecule has 5 aromatic rings. The maximum absolute atomic E-state index is 14.1. The van der Waals surface area contributed by atoms with Gasteiger partial charge in [-0.1, -0.05) is 17.8 Å². The Bertz CT molecular complexity index is 2380. The fraction of sp³-hybridized carbons (Fsp3) is 0.512. The van der Waals surface area contributed by atoms with E-state index in [2.05, 4.69) is 34.9 Å². The molecule has 58 heavy (non-hydrogen) atoms. The first-order valence-corrected chi connectivity index (χ1v) is 22.7. The molecule has 5 heterocycles. The van der Waals surface area contributed by atoms with Gasteiger partial charge in [0.15, 0.2) is 16.8 Å². The smallest absolute Gasteiger partial charge is 0.305 e. The minimum Gasteiger partial charge on any atom is -0.466 e. The molecule has 17 heteroatoms. The topological polar surface area (TPSA) is 187 Å². The number of hydrogen-bond donors (Lipinski definition) is 2. The van der Waals surface area contributed by atoms with Crippen LogP contribution in [0, 0.1) is 37.0 Å². The Morgan fingerprint density at radius 2 is 1.74 bits per heavy atom. The van der Waals surface area contributed by atoms with Crippen molar-refractivity contribution in [1.82, 2.24) is 39.7 Å². The summed E-state index contributed by atoms with van der Waals surface area (Å²) in [6.07, 6.45) is 12.8. The fourth-order valence-corrected chi connectivity index (χ4v) is 11.6. The van der Waals surface area contributed by atoms with Crippen molar-refractivity contribution in [3.05, 3.63) is 59.7 Å². The van der Waals surface area contributed by atoms with E-state index in [4.69, 9.17) is 14.8 Å². The number of anilines is 4. The number of amides is 1. The second-order valence-corrected chi connectivity index (χ2v) is 19.2. The number of carbonyl (C=O) groups is 2. The number of nitrogens with zero attached hydrogens (tertiary/aromatic N) is 8. The fourth-order valence-electron chi connectivity index (χ4n) is 9.71. The Kier molecular flexibility index (Phi) is 11.2. The van der Waals surface area contributed by atoms with Crippen molar-refractivity contribution in [2.45, 2.75) is 91.5 Å². The highest BCUT2D eigenvalue weighted by Gasteiger charge is 2.51. The van der Waals surface area contributed by atoms with E-state index < -0.39 is 15.9 Å². The van der Waals surface area contributed by atoms with Gasteiger partial charge in [0, 0.05) is 43.0 Å². The third-order valence-corrected chi connectivity index (χ3v) is 14.3. The SMILES string of the molecule is CCOC(=O)CCCCCS(=O)(=O)NC(=O)c1nc(N(C)c2cc(C)c(Nc3nc4cccnc4s3)nn2)ccc1-c1cnn(CC23CC4CC(CC(C4)C2)C3)c1C. The van der Waals surface area contributed by atoms with Crippen LogP contribution in [0.25, 0.3) is 21.5 Å². The number of hydrogen-bond acceptors (Lipinski definition) is 14. The first kappa shape index (κ1) is 39.8. The summed E-state index contributed by atoms with van der Waals surface area (Å²) in [5.74, 6) is 2.37. The Morgan fingerprint density at radius 3 is 2.45 bits per heavy atom. The van der Waals surface area contributed by atoms with Gasteiger partial charge in [-0.15, -0.1) is 10.2 Å². The lowest BCUT2D eigenvalue weighted by Crippen LogP contribution is -2.48. The van der Waals surface area contributed by atoms with Crippen molar-refractivity contribution in [2.24, 2.45) is 23.2 Å². The van der Waals surface area contributed by atoms with Crippen LogP contribution < -0.4 is 14.9 Å². The minimum absolute atomic E-state index is 0.0416. The van der Waals surface area contributed by atoms with E-state index in [0.717, 1.165) is 51.5 Å². The number of ether oxygens (including phenoxy) is 1. The van der Waals surface area contributed by atoms with Gasteiger partial charge in [-0.05, 0) is 131 Å². The molecular weight excluding hydrogens is 777 g/mol. The molecule has 0 atom stereocenters. The first-order chi connectivity index (χ1) is 27.9. The molecular formula is C41H50N10O5S2. The van der Waals surface area contributed by atoms with Crippen LogP contribution in [0.4, 0.5) is 22.6 Å². The van der Waals surface area contributed by atoms with Gasteiger partial charge in [-0.2, -0.15) is 5.10 Å². The highest BCUT2D eigenvalue weighted by Crippen LogP contribution is 2.60. The van der Waals surface area contributed by atoms with Gasteiger partial charge in [0.2, 0.25) is 10.0 Å². The lowest BCUT2D eigenvalue weighted by molar-refractivity contribution is -0.143. The molecule has 4 bridgehead atoms. The summed E-state index contributed by atoms with van der Waals surface area (Å²) < 4.78 is 35.8. The van der Waals surface area contributed by atoms with Gasteiger partial charge in [0.05, 0.1) is 18.6 Å². The van der Waals surface area contributed by atoms with Gasteiger partial charge in [-0.3, -0.25) is 14.3 Å². The molecule has 4 aliphatic carbocycles. The van der Waals surface area contributed by atoms with Gasteiger partial charge in [0.25, 0.3) is 5.91 Å². The van der Waals surface area contributed by atoms with Crippen molar-refractivity contribution in [3.8, 4) is 11.1 Å². The second-order valence-electron chi connectivity index (χ2n) is 16.4. The van der Waals surface area contributed by atoms with Crippen LogP contribution >= 0.6 is 11.3 Å². The number of fused-ring (bicyclic) bond motifs is 1. The predicted octanol–water partition coefficient (Wildman–Crippen LogP) is 7.27. The quantitative estimate of drug-likeness (QED) is 0.0748. The van der Waals surface area contributed by atoms with Crippen LogP contribution in [0.1, 0.15) is 92.9 Å². The summed E-state index contributed by atoms with van der Waals surface area (Å²) in [5, 5.41) is 17.6. The van der Waals surface area contributed by atoms with Crippen LogP contribution in [0.15, 0.2) is 42.7 Å². The molecule has 15 nitrogen and oxygen atoms in total. The highest BCUT2D eigenvalue weighted by atomic mass is 32.2. The molecule has 0 aromatic carbocycles. The van der Waals surface area contributed by atoms with Crippen LogP contribution in [0.2, 0.25) is 0 Å². The molecule has 0 aliphatic heterocycles. The summed E-state index contributed by atoms with van der Waals surface area (Å²) in [6.45, 7) is 6.79. The lowest BCUT2D eigenvalue weighted by Gasteiger charge is -2.56. The maximum atomic E-state index is 14.1. The maximum Gasteiger partial charge on any atom is 0.305 e. The van der Waals surface area contributed by atoms with E-state index in [-0.39, 0.29) is 35.7 Å². The van der Waals surface area contributed by atoms with Crippen LogP contribution in [-0.4, -0.2) is 74.6 Å². The number of nitrogens with one attached hydrogen (secondary N) is 2. The zero-order valence-corrected chi connectivity index (χ0v) is 35.0. The molecule has 2 N–H and O–H groups in total. The predicted molar refractivity (Wildman–Crippen MR) is 223 cm³/mol. The Balaban J connectivity index is 1.04. The molecule has 4 aliphatic rings. The van der Waals surface area contributed by atoms with Crippen LogP contribution in [0.3, 0.4) is 0 Å². The number of sulfonamides is 1. The Labute approximate surface area is 342 Å². The van der Waals surface area contributed by atoms with Crippen molar-refractivity contribution in [2.75, 3.05) is 29.6 Å². The number of rotatable bonds is 16. The zero-order chi connectivity index (χ0) is 40.6. The largest absolute Gasteiger partial charge is 0.466 e. The molecule has 0 spiro atoms. The Hall–Kier alpha value is -5.03. The van der Waals surface area contributed by atoms with Crippen LogP contribution in [-0.2, 0) is 26.1 Å². The lowest BCUT2D eigenvalue weighted by atomic mass is 9.49. The van der Waals surface area contributed by atoms with Crippen LogP contribution in [0.5, 0.6) is 0 Å². The number of carbonyl (C=O) groups excluding carboxylic acids is 2. The van der Waals surface area contributed by atoms with E-state index in [9.17, 15) is 18.0 Å². The van der Waals surface area contributed by atoms with E-state index in [1.165, 1.54) is 49.9 Å². The summed E-state index contributed by atoms with van der Waals surface area (Å²) in [6, 6.07) is 9.17. The van der Waals surface area contributed by atoms with Crippen molar-refractivity contribution in [1.29, 1.82) is 0 Å². The third-order valence-electron chi connectivity index (χ3n) is 12.0. The standard InChI is InChI=1S/C41H50N10O5S2/c1-5-56-35(52)11-7-6-8-15-58(54,55)49-38(53)36-30(31-23-43-51(26(31)3)24-41-20-27-17-28(21-41)19-29(18-27)22-41)12-13-33(45-36)50(4)34-16-25(2)37(48-47-34)46-40-44-32-10-9-14-42-39(32)57-40/h9-10,12-14,16,23,27-29H,5-8,11,15,17-22,24H2,1-4H3,(H,49,53)(H,44,46,48). The molecule has 0 unspecified atom stereocenters. The average Bonchev–Trinajstić information content (AvgIpc) is 3.76. The molecule has 0 saturated heterocycles. The second kappa shape index (κ2) is 16.3. The minimum atomic E-state index is -4.03. The molecule has 0 radical (unpaired) electrons. The number of esters is 1. The summed E-state index contributed by atoms with van der Waals surface area (Å²) in [4.78, 5) is 42.0. The summed E-state index contributed by atoms with van der Waals surface area (Å²) in [5.41, 5.74) is 3.91. The van der Waals surface area contributed by atoms with E-state index >= 15 is 0 Å². The van der Waals surface area contributed by atoms with Gasteiger partial charge in [0.1, 0.15) is 21.9 Å². The van der Waals surface area contributed by atoms with E-state index in [0.29, 0.717) is 47.6 Å². The van der Waals surface area contributed by atoms with Crippen molar-refractivity contribution < 1.29 is 22.7 Å². The van der Waals surface area contributed by atoms with Crippen molar-refractivity contribution >= 4 is 66.2 Å². The van der Waals surface area contributed by atoms with Crippen molar-refractivity contribution in [3.63, 3.8) is 0 Å². The number of pyridine rings is 2. The number of aromatic nitrogens is 7. The average molecular weight is 827 g/mol. The molecule has 4 fully saturated rings. The van der Waals surface area contributed by atoms with Gasteiger partial charge in [-0.25, -0.2) is 28.1 Å². The van der Waals surface area contributed by atoms with E-state index in [1.54, 1.807) is 43.4 Å². The molecule has 306 valence electrons. The third kappa shape index (κ3) is 8.56. The first-order valence-electron chi connectivity index (χ1n) is 20.2. The zero-order valence-electron chi connectivity index (χ0n) is 33.4. The van der Waals surface area contributed by atoms with Gasteiger partial charge < -0.3 is 15.0 Å². The number of unbranched alkanes of at least 4 members (excludes halogenated alkanes) is 2. The highest BCUT2D eigenvalue weighted by molar-refractivity contribution is 7.90. The molecule has 1 amide bonds. The Morgan fingerprint density at radius 1 is 0.983 bits per heavy atom. The number of aryl methyl sites for hydroxylation is 1. The summed E-state index contributed by atoms with van der Waals surface area (Å²) in [7, 11) is -2.27. The number of thiazole rings is 1. The normalized spacial score (nSPS) is 21.0. The molecule has 4 saturated carbocycles. The molecule has 5 aromatic heterocycles. The monoisotopic (exact) mass is 826 g/mol. The van der Waals surface area contributed by atoms with Gasteiger partial charge >= 0.3 is 5.97 Å². The molecule has 9 rings (SSSR count).